The van der Waals surface area contributed by atoms with Crippen molar-refractivity contribution in [3.05, 3.63) is 24.3 Å². The summed E-state index contributed by atoms with van der Waals surface area (Å²) in [6.07, 6.45) is 2.42. The van der Waals surface area contributed by atoms with Crippen LogP contribution in [0.3, 0.4) is 0 Å². The Balaban J connectivity index is 1.89. The van der Waals surface area contributed by atoms with E-state index < -0.39 is 0 Å². The van der Waals surface area contributed by atoms with Gasteiger partial charge in [0.15, 0.2) is 0 Å². The minimum absolute atomic E-state index is 0.0435. The molecule has 1 aliphatic rings. The van der Waals surface area contributed by atoms with E-state index >= 15 is 0 Å². The van der Waals surface area contributed by atoms with Crippen LogP contribution in [-0.4, -0.2) is 56.9 Å². The standard InChI is InChI=1S/C17H25N5O/c1-3-20(4-2)13-11-16(21-12-7-10-17(21)23)22-15-9-6-5-8-14(15)18-19-22/h5-6,8-9,16H,3-4,7,10-13H2,1-2H3. The van der Waals surface area contributed by atoms with Gasteiger partial charge in [0.05, 0.1) is 5.52 Å². The third kappa shape index (κ3) is 3.22. The molecule has 23 heavy (non-hydrogen) atoms. The smallest absolute Gasteiger partial charge is 0.224 e. The second-order valence-electron chi connectivity index (χ2n) is 6.01. The van der Waals surface area contributed by atoms with E-state index in [4.69, 9.17) is 0 Å². The van der Waals surface area contributed by atoms with Gasteiger partial charge >= 0.3 is 0 Å². The molecule has 6 heteroatoms. The number of hydrogen-bond acceptors (Lipinski definition) is 4. The van der Waals surface area contributed by atoms with Crippen molar-refractivity contribution in [1.29, 1.82) is 0 Å². The van der Waals surface area contributed by atoms with E-state index in [1.165, 1.54) is 0 Å². The molecular weight excluding hydrogens is 290 g/mol. The van der Waals surface area contributed by atoms with Crippen molar-refractivity contribution >= 4 is 16.9 Å². The Morgan fingerprint density at radius 2 is 2.04 bits per heavy atom. The highest BCUT2D eigenvalue weighted by atomic mass is 16.2. The largest absolute Gasteiger partial charge is 0.320 e. The van der Waals surface area contributed by atoms with Crippen molar-refractivity contribution in [3.8, 4) is 0 Å². The molecule has 1 aromatic carbocycles. The predicted molar refractivity (Wildman–Crippen MR) is 89.9 cm³/mol. The van der Waals surface area contributed by atoms with Crippen LogP contribution in [0.15, 0.2) is 24.3 Å². The van der Waals surface area contributed by atoms with Crippen molar-refractivity contribution in [1.82, 2.24) is 24.8 Å². The molecule has 0 saturated carbocycles. The van der Waals surface area contributed by atoms with Gasteiger partial charge in [-0.15, -0.1) is 5.10 Å². The van der Waals surface area contributed by atoms with E-state index in [-0.39, 0.29) is 12.1 Å². The molecule has 2 heterocycles. The van der Waals surface area contributed by atoms with Crippen LogP contribution < -0.4 is 0 Å². The maximum absolute atomic E-state index is 12.3. The van der Waals surface area contributed by atoms with Gasteiger partial charge in [-0.1, -0.05) is 31.2 Å². The number of fused-ring (bicyclic) bond motifs is 1. The van der Waals surface area contributed by atoms with Gasteiger partial charge in [-0.25, -0.2) is 4.68 Å². The Morgan fingerprint density at radius 3 is 2.74 bits per heavy atom. The lowest BCUT2D eigenvalue weighted by Crippen LogP contribution is -2.37. The predicted octanol–water partition coefficient (Wildman–Crippen LogP) is 2.28. The van der Waals surface area contributed by atoms with Gasteiger partial charge < -0.3 is 9.80 Å². The van der Waals surface area contributed by atoms with Crippen LogP contribution in [0.4, 0.5) is 0 Å². The topological polar surface area (TPSA) is 54.3 Å². The molecule has 1 atom stereocenters. The van der Waals surface area contributed by atoms with Crippen LogP contribution >= 0.6 is 0 Å². The SMILES string of the molecule is CCN(CC)CCC(N1CCCC1=O)n1nnc2ccccc21. The number of nitrogens with zero attached hydrogens (tertiary/aromatic N) is 5. The first kappa shape index (κ1) is 15.9. The zero-order valence-electron chi connectivity index (χ0n) is 14.0. The first-order valence-electron chi connectivity index (χ1n) is 8.56. The third-order valence-corrected chi connectivity index (χ3v) is 4.73. The maximum Gasteiger partial charge on any atom is 0.224 e. The number of aromatic nitrogens is 3. The molecule has 3 rings (SSSR count). The Hall–Kier alpha value is -1.95. The van der Waals surface area contributed by atoms with Gasteiger partial charge in [0.2, 0.25) is 5.91 Å². The van der Waals surface area contributed by atoms with Gasteiger partial charge in [0.25, 0.3) is 0 Å². The number of carbonyl (C=O) groups is 1. The lowest BCUT2D eigenvalue weighted by atomic mass is 10.2. The van der Waals surface area contributed by atoms with Gasteiger partial charge in [-0.3, -0.25) is 4.79 Å². The van der Waals surface area contributed by atoms with E-state index in [9.17, 15) is 4.79 Å². The highest BCUT2D eigenvalue weighted by Gasteiger charge is 2.30. The summed E-state index contributed by atoms with van der Waals surface area (Å²) in [6, 6.07) is 7.95. The number of carbonyl (C=O) groups excluding carboxylic acids is 1. The van der Waals surface area contributed by atoms with Crippen LogP contribution in [0.5, 0.6) is 0 Å². The molecule has 1 fully saturated rings. The van der Waals surface area contributed by atoms with E-state index in [0.717, 1.165) is 50.1 Å². The number of para-hydroxylation sites is 1. The molecule has 0 radical (unpaired) electrons. The third-order valence-electron chi connectivity index (χ3n) is 4.73. The van der Waals surface area contributed by atoms with E-state index in [0.29, 0.717) is 6.42 Å². The van der Waals surface area contributed by atoms with Gasteiger partial charge in [0.1, 0.15) is 11.7 Å². The van der Waals surface area contributed by atoms with Crippen molar-refractivity contribution < 1.29 is 4.79 Å². The number of benzene rings is 1. The molecule has 2 aromatic rings. The quantitative estimate of drug-likeness (QED) is 0.786. The zero-order chi connectivity index (χ0) is 16.2. The first-order valence-corrected chi connectivity index (χ1v) is 8.56. The van der Waals surface area contributed by atoms with Gasteiger partial charge in [0, 0.05) is 25.9 Å². The number of amides is 1. The van der Waals surface area contributed by atoms with Crippen LogP contribution in [0.25, 0.3) is 11.0 Å². The van der Waals surface area contributed by atoms with Gasteiger partial charge in [-0.2, -0.15) is 0 Å². The lowest BCUT2D eigenvalue weighted by molar-refractivity contribution is -0.131. The fourth-order valence-electron chi connectivity index (χ4n) is 3.34. The molecule has 1 unspecified atom stereocenters. The molecule has 0 N–H and O–H groups in total. The Labute approximate surface area is 137 Å². The molecule has 1 aromatic heterocycles. The molecule has 0 bridgehead atoms. The summed E-state index contributed by atoms with van der Waals surface area (Å²) in [5, 5.41) is 8.62. The highest BCUT2D eigenvalue weighted by Crippen LogP contribution is 2.26. The fraction of sp³-hybridized carbons (Fsp3) is 0.588. The summed E-state index contributed by atoms with van der Waals surface area (Å²) in [5.74, 6) is 0.231. The summed E-state index contributed by atoms with van der Waals surface area (Å²) in [6.45, 7) is 8.16. The number of likely N-dealkylation sites (tertiary alicyclic amines) is 1. The normalized spacial score (nSPS) is 16.7. The van der Waals surface area contributed by atoms with Gasteiger partial charge in [-0.05, 0) is 31.6 Å². The van der Waals surface area contributed by atoms with Crippen LogP contribution in [0.2, 0.25) is 0 Å². The average Bonchev–Trinajstić information content (AvgIpc) is 3.19. The molecule has 124 valence electrons. The molecule has 1 aliphatic heterocycles. The summed E-state index contributed by atoms with van der Waals surface area (Å²) < 4.78 is 1.93. The maximum atomic E-state index is 12.3. The highest BCUT2D eigenvalue weighted by molar-refractivity contribution is 5.79. The molecular formula is C17H25N5O. The molecule has 1 saturated heterocycles. The lowest BCUT2D eigenvalue weighted by Gasteiger charge is -2.30. The minimum atomic E-state index is -0.0435. The Morgan fingerprint density at radius 1 is 1.26 bits per heavy atom. The second kappa shape index (κ2) is 7.08. The minimum Gasteiger partial charge on any atom is -0.320 e. The summed E-state index contributed by atoms with van der Waals surface area (Å²) in [5.41, 5.74) is 1.88. The molecule has 1 amide bonds. The number of rotatable bonds is 7. The second-order valence-corrected chi connectivity index (χ2v) is 6.01. The van der Waals surface area contributed by atoms with Crippen LogP contribution in [-0.2, 0) is 4.79 Å². The Kier molecular flexibility index (Phi) is 4.91. The van der Waals surface area contributed by atoms with Crippen molar-refractivity contribution in [2.24, 2.45) is 0 Å². The summed E-state index contributed by atoms with van der Waals surface area (Å²) >= 11 is 0. The van der Waals surface area contributed by atoms with Crippen LogP contribution in [0, 0.1) is 0 Å². The van der Waals surface area contributed by atoms with Crippen molar-refractivity contribution in [3.63, 3.8) is 0 Å². The van der Waals surface area contributed by atoms with E-state index in [1.807, 2.05) is 33.8 Å². The van der Waals surface area contributed by atoms with Crippen LogP contribution in [0.1, 0.15) is 39.3 Å². The summed E-state index contributed by atoms with van der Waals surface area (Å²) in [4.78, 5) is 16.6. The first-order chi connectivity index (χ1) is 11.2. The molecule has 0 aliphatic carbocycles. The molecule has 6 nitrogen and oxygen atoms in total. The zero-order valence-corrected chi connectivity index (χ0v) is 14.0. The fourth-order valence-corrected chi connectivity index (χ4v) is 3.34. The average molecular weight is 315 g/mol. The van der Waals surface area contributed by atoms with E-state index in [1.54, 1.807) is 0 Å². The monoisotopic (exact) mass is 315 g/mol. The Bertz CT molecular complexity index is 664. The van der Waals surface area contributed by atoms with E-state index in [2.05, 4.69) is 29.1 Å². The van der Waals surface area contributed by atoms with Crippen molar-refractivity contribution in [2.45, 2.75) is 39.3 Å². The van der Waals surface area contributed by atoms with Crippen molar-refractivity contribution in [2.75, 3.05) is 26.2 Å². The number of hydrogen-bond donors (Lipinski definition) is 0. The summed E-state index contributed by atoms with van der Waals surface area (Å²) in [7, 11) is 0. The molecule has 0 spiro atoms.